The molecule has 156 valence electrons. The fourth-order valence-electron chi connectivity index (χ4n) is 3.62. The SMILES string of the molecule is COc1ccc(CCNC(=O)CCN2CCc3cc(OC)c(OC)cc3C2)cc1. The Hall–Kier alpha value is -2.73. The molecule has 0 spiro atoms. The van der Waals surface area contributed by atoms with Gasteiger partial charge in [0, 0.05) is 32.6 Å². The van der Waals surface area contributed by atoms with Crippen LogP contribution in [0.5, 0.6) is 17.2 Å². The van der Waals surface area contributed by atoms with Crippen LogP contribution in [0.15, 0.2) is 36.4 Å². The summed E-state index contributed by atoms with van der Waals surface area (Å²) in [7, 11) is 4.97. The average molecular weight is 399 g/mol. The lowest BCUT2D eigenvalue weighted by atomic mass is 9.98. The summed E-state index contributed by atoms with van der Waals surface area (Å²) in [5.74, 6) is 2.47. The second kappa shape index (κ2) is 10.2. The monoisotopic (exact) mass is 398 g/mol. The number of hydrogen-bond acceptors (Lipinski definition) is 5. The number of hydrogen-bond donors (Lipinski definition) is 1. The molecule has 0 radical (unpaired) electrons. The molecule has 2 aromatic carbocycles. The third kappa shape index (κ3) is 5.64. The number of methoxy groups -OCH3 is 3. The molecule has 1 aliphatic rings. The number of nitrogens with one attached hydrogen (secondary N) is 1. The van der Waals surface area contributed by atoms with E-state index in [1.54, 1.807) is 21.3 Å². The van der Waals surface area contributed by atoms with E-state index in [-0.39, 0.29) is 5.91 Å². The highest BCUT2D eigenvalue weighted by atomic mass is 16.5. The minimum atomic E-state index is 0.0941. The summed E-state index contributed by atoms with van der Waals surface area (Å²) in [5, 5.41) is 3.02. The molecule has 0 unspecified atom stereocenters. The first-order valence-electron chi connectivity index (χ1n) is 9.98. The maximum absolute atomic E-state index is 12.2. The molecule has 1 heterocycles. The van der Waals surface area contributed by atoms with Gasteiger partial charge in [0.15, 0.2) is 11.5 Å². The summed E-state index contributed by atoms with van der Waals surface area (Å²) in [5.41, 5.74) is 3.72. The van der Waals surface area contributed by atoms with Crippen LogP contribution in [0.25, 0.3) is 0 Å². The predicted molar refractivity (Wildman–Crippen MR) is 113 cm³/mol. The Morgan fingerprint density at radius 3 is 2.34 bits per heavy atom. The molecule has 2 aromatic rings. The van der Waals surface area contributed by atoms with Gasteiger partial charge in [-0.3, -0.25) is 9.69 Å². The maximum atomic E-state index is 12.2. The van der Waals surface area contributed by atoms with Crippen LogP contribution in [0.2, 0.25) is 0 Å². The predicted octanol–water partition coefficient (Wildman–Crippen LogP) is 2.82. The van der Waals surface area contributed by atoms with Crippen LogP contribution >= 0.6 is 0 Å². The second-order valence-corrected chi connectivity index (χ2v) is 7.20. The van der Waals surface area contributed by atoms with Crippen molar-refractivity contribution in [2.75, 3.05) is 41.0 Å². The first kappa shape index (κ1) is 21.0. The molecule has 0 aliphatic carbocycles. The van der Waals surface area contributed by atoms with E-state index >= 15 is 0 Å². The zero-order chi connectivity index (χ0) is 20.6. The van der Waals surface area contributed by atoms with Gasteiger partial charge in [-0.15, -0.1) is 0 Å². The van der Waals surface area contributed by atoms with Crippen molar-refractivity contribution in [2.45, 2.75) is 25.8 Å². The highest BCUT2D eigenvalue weighted by Gasteiger charge is 2.19. The molecule has 0 saturated heterocycles. The molecule has 6 nitrogen and oxygen atoms in total. The third-order valence-corrected chi connectivity index (χ3v) is 5.35. The van der Waals surface area contributed by atoms with Crippen molar-refractivity contribution in [1.82, 2.24) is 10.2 Å². The summed E-state index contributed by atoms with van der Waals surface area (Å²) in [6.07, 6.45) is 2.27. The molecular formula is C23H30N2O4. The van der Waals surface area contributed by atoms with Crippen LogP contribution in [-0.4, -0.2) is 51.8 Å². The van der Waals surface area contributed by atoms with Crippen molar-refractivity contribution in [1.29, 1.82) is 0 Å². The number of benzene rings is 2. The van der Waals surface area contributed by atoms with Crippen molar-refractivity contribution < 1.29 is 19.0 Å². The molecule has 1 amide bonds. The summed E-state index contributed by atoms with van der Waals surface area (Å²) >= 11 is 0. The molecule has 0 bridgehead atoms. The van der Waals surface area contributed by atoms with Crippen molar-refractivity contribution in [3.05, 3.63) is 53.1 Å². The lowest BCUT2D eigenvalue weighted by molar-refractivity contribution is -0.121. The van der Waals surface area contributed by atoms with Crippen LogP contribution < -0.4 is 19.5 Å². The van der Waals surface area contributed by atoms with Gasteiger partial charge in [0.05, 0.1) is 21.3 Å². The van der Waals surface area contributed by atoms with Gasteiger partial charge in [0.2, 0.25) is 5.91 Å². The fourth-order valence-corrected chi connectivity index (χ4v) is 3.62. The first-order chi connectivity index (χ1) is 14.1. The summed E-state index contributed by atoms with van der Waals surface area (Å²) < 4.78 is 16.0. The minimum absolute atomic E-state index is 0.0941. The van der Waals surface area contributed by atoms with Gasteiger partial charge in [-0.25, -0.2) is 0 Å². The lowest BCUT2D eigenvalue weighted by Crippen LogP contribution is -2.35. The zero-order valence-electron chi connectivity index (χ0n) is 17.5. The van der Waals surface area contributed by atoms with Crippen LogP contribution in [0.1, 0.15) is 23.1 Å². The Bertz CT molecular complexity index is 820. The molecule has 1 aliphatic heterocycles. The van der Waals surface area contributed by atoms with Crippen LogP contribution in [0.3, 0.4) is 0 Å². The largest absolute Gasteiger partial charge is 0.497 e. The van der Waals surface area contributed by atoms with Crippen LogP contribution in [0, 0.1) is 0 Å². The van der Waals surface area contributed by atoms with Gasteiger partial charge >= 0.3 is 0 Å². The van der Waals surface area contributed by atoms with Gasteiger partial charge < -0.3 is 19.5 Å². The third-order valence-electron chi connectivity index (χ3n) is 5.35. The number of carbonyl (C=O) groups excluding carboxylic acids is 1. The smallest absolute Gasteiger partial charge is 0.221 e. The van der Waals surface area contributed by atoms with Gasteiger partial charge in [0.25, 0.3) is 0 Å². The second-order valence-electron chi connectivity index (χ2n) is 7.20. The summed E-state index contributed by atoms with van der Waals surface area (Å²) in [6.45, 7) is 3.17. The van der Waals surface area contributed by atoms with Gasteiger partial charge in [-0.1, -0.05) is 12.1 Å². The van der Waals surface area contributed by atoms with E-state index in [0.717, 1.165) is 49.7 Å². The Kier molecular flexibility index (Phi) is 7.36. The Morgan fingerprint density at radius 2 is 1.69 bits per heavy atom. The zero-order valence-corrected chi connectivity index (χ0v) is 17.5. The highest BCUT2D eigenvalue weighted by Crippen LogP contribution is 2.33. The van der Waals surface area contributed by atoms with Crippen molar-refractivity contribution in [2.24, 2.45) is 0 Å². The molecule has 0 fully saturated rings. The Morgan fingerprint density at radius 1 is 1.00 bits per heavy atom. The molecule has 0 atom stereocenters. The van der Waals surface area contributed by atoms with E-state index in [1.807, 2.05) is 24.3 Å². The molecule has 3 rings (SSSR count). The standard InChI is InChI=1S/C23H30N2O4/c1-27-20-6-4-17(5-7-20)8-11-24-23(26)10-13-25-12-9-18-14-21(28-2)22(29-3)15-19(18)16-25/h4-7,14-15H,8-13,16H2,1-3H3,(H,24,26). The van der Waals surface area contributed by atoms with E-state index in [0.29, 0.717) is 13.0 Å². The topological polar surface area (TPSA) is 60.0 Å². The molecule has 0 aromatic heterocycles. The number of ether oxygens (including phenoxy) is 3. The number of carbonyl (C=O) groups is 1. The Balaban J connectivity index is 1.42. The molecule has 6 heteroatoms. The molecular weight excluding hydrogens is 368 g/mol. The number of fused-ring (bicyclic) bond motifs is 1. The number of amides is 1. The normalized spacial score (nSPS) is 13.5. The Labute approximate surface area is 172 Å². The number of nitrogens with zero attached hydrogens (tertiary/aromatic N) is 1. The highest BCUT2D eigenvalue weighted by molar-refractivity contribution is 5.76. The van der Waals surface area contributed by atoms with E-state index in [4.69, 9.17) is 14.2 Å². The quantitative estimate of drug-likeness (QED) is 0.704. The number of rotatable bonds is 9. The van der Waals surface area contributed by atoms with Crippen LogP contribution in [0.4, 0.5) is 0 Å². The first-order valence-corrected chi connectivity index (χ1v) is 9.98. The van der Waals surface area contributed by atoms with E-state index in [2.05, 4.69) is 22.3 Å². The fraction of sp³-hybridized carbons (Fsp3) is 0.435. The van der Waals surface area contributed by atoms with E-state index < -0.39 is 0 Å². The summed E-state index contributed by atoms with van der Waals surface area (Å²) in [6, 6.07) is 12.1. The molecule has 0 saturated carbocycles. The van der Waals surface area contributed by atoms with Crippen molar-refractivity contribution in [3.63, 3.8) is 0 Å². The van der Waals surface area contributed by atoms with Crippen molar-refractivity contribution in [3.8, 4) is 17.2 Å². The van der Waals surface area contributed by atoms with Crippen molar-refractivity contribution >= 4 is 5.91 Å². The van der Waals surface area contributed by atoms with Gasteiger partial charge in [-0.2, -0.15) is 0 Å². The average Bonchev–Trinajstić information content (AvgIpc) is 2.77. The van der Waals surface area contributed by atoms with Gasteiger partial charge in [0.1, 0.15) is 5.75 Å². The lowest BCUT2D eigenvalue weighted by Gasteiger charge is -2.29. The van der Waals surface area contributed by atoms with Crippen LogP contribution in [-0.2, 0) is 24.2 Å². The maximum Gasteiger partial charge on any atom is 0.221 e. The molecule has 1 N–H and O–H groups in total. The van der Waals surface area contributed by atoms with E-state index in [1.165, 1.54) is 16.7 Å². The summed E-state index contributed by atoms with van der Waals surface area (Å²) in [4.78, 5) is 14.5. The molecule has 29 heavy (non-hydrogen) atoms. The minimum Gasteiger partial charge on any atom is -0.497 e. The van der Waals surface area contributed by atoms with E-state index in [9.17, 15) is 4.79 Å². The van der Waals surface area contributed by atoms with Gasteiger partial charge in [-0.05, 0) is 53.8 Å².